The number of amides is 1. The van der Waals surface area contributed by atoms with Gasteiger partial charge in [-0.1, -0.05) is 11.6 Å². The zero-order valence-corrected chi connectivity index (χ0v) is 15.9. The summed E-state index contributed by atoms with van der Waals surface area (Å²) in [5, 5.41) is 11.6. The molecule has 8 heteroatoms. The maximum atomic E-state index is 12.1. The van der Waals surface area contributed by atoms with Crippen molar-refractivity contribution >= 4 is 34.9 Å². The lowest BCUT2D eigenvalue weighted by Crippen LogP contribution is -2.31. The fraction of sp³-hybridized carbons (Fsp3) is 0.200. The Morgan fingerprint density at radius 2 is 1.86 bits per heavy atom. The third kappa shape index (κ3) is 5.83. The zero-order chi connectivity index (χ0) is 20.7. The highest BCUT2D eigenvalue weighted by molar-refractivity contribution is 6.32. The third-order valence-electron chi connectivity index (χ3n) is 3.65. The van der Waals surface area contributed by atoms with Gasteiger partial charge >= 0.3 is 5.97 Å². The summed E-state index contributed by atoms with van der Waals surface area (Å²) in [6, 6.07) is 12.6. The van der Waals surface area contributed by atoms with E-state index in [0.29, 0.717) is 17.0 Å². The summed E-state index contributed by atoms with van der Waals surface area (Å²) in [7, 11) is 0. The topological polar surface area (TPSA) is 105 Å². The van der Waals surface area contributed by atoms with Crippen LogP contribution in [0.1, 0.15) is 29.8 Å². The number of Topliss-reactive ketones (excluding diaryl/α,β-unsaturated/α-hetero) is 1. The molecule has 1 N–H and O–H groups in total. The minimum absolute atomic E-state index is 0.0747. The number of anilines is 1. The van der Waals surface area contributed by atoms with Crippen LogP contribution in [0.25, 0.3) is 0 Å². The molecule has 0 unspecified atom stereocenters. The molecule has 0 saturated heterocycles. The van der Waals surface area contributed by atoms with Crippen molar-refractivity contribution in [2.24, 2.45) is 0 Å². The molecule has 144 valence electrons. The van der Waals surface area contributed by atoms with Gasteiger partial charge in [0.25, 0.3) is 5.91 Å². The number of rotatable bonds is 7. The van der Waals surface area contributed by atoms with Crippen molar-refractivity contribution in [1.29, 1.82) is 5.26 Å². The van der Waals surface area contributed by atoms with Crippen molar-refractivity contribution in [2.75, 3.05) is 11.9 Å². The molecular weight excluding hydrogens is 384 g/mol. The number of halogens is 1. The van der Waals surface area contributed by atoms with Crippen LogP contribution in [0.4, 0.5) is 5.69 Å². The molecule has 2 aromatic carbocycles. The second-order valence-electron chi connectivity index (χ2n) is 5.80. The second kappa shape index (κ2) is 9.53. The van der Waals surface area contributed by atoms with Crippen LogP contribution >= 0.6 is 11.6 Å². The van der Waals surface area contributed by atoms with E-state index in [9.17, 15) is 14.4 Å². The highest BCUT2D eigenvalue weighted by Gasteiger charge is 2.18. The van der Waals surface area contributed by atoms with Crippen LogP contribution in [0.2, 0.25) is 5.02 Å². The largest absolute Gasteiger partial charge is 0.482 e. The van der Waals surface area contributed by atoms with Crippen molar-refractivity contribution in [2.45, 2.75) is 20.0 Å². The highest BCUT2D eigenvalue weighted by Crippen LogP contribution is 2.20. The Kier molecular flexibility index (Phi) is 7.13. The molecule has 0 aromatic heterocycles. The molecule has 1 atom stereocenters. The average molecular weight is 401 g/mol. The molecule has 28 heavy (non-hydrogen) atoms. The molecule has 7 nitrogen and oxygen atoms in total. The van der Waals surface area contributed by atoms with Gasteiger partial charge in [-0.25, -0.2) is 4.79 Å². The predicted molar refractivity (Wildman–Crippen MR) is 102 cm³/mol. The summed E-state index contributed by atoms with van der Waals surface area (Å²) in [6.07, 6.45) is -1.06. The fourth-order valence-corrected chi connectivity index (χ4v) is 2.36. The molecule has 0 aliphatic heterocycles. The summed E-state index contributed by atoms with van der Waals surface area (Å²) in [5.74, 6) is -0.961. The van der Waals surface area contributed by atoms with Gasteiger partial charge in [-0.2, -0.15) is 5.26 Å². The number of hydrogen-bond donors (Lipinski definition) is 1. The van der Waals surface area contributed by atoms with Crippen LogP contribution in [-0.2, 0) is 14.3 Å². The van der Waals surface area contributed by atoms with Gasteiger partial charge in [-0.3, -0.25) is 9.59 Å². The number of nitrogens with zero attached hydrogens (tertiary/aromatic N) is 1. The lowest BCUT2D eigenvalue weighted by Gasteiger charge is -2.14. The Labute approximate surface area is 166 Å². The highest BCUT2D eigenvalue weighted by atomic mass is 35.5. The maximum absolute atomic E-state index is 12.1. The first-order valence-corrected chi connectivity index (χ1v) is 8.61. The number of esters is 1. The summed E-state index contributed by atoms with van der Waals surface area (Å²) in [6.45, 7) is 2.48. The molecule has 0 aliphatic carbocycles. The van der Waals surface area contributed by atoms with Gasteiger partial charge in [-0.15, -0.1) is 0 Å². The van der Waals surface area contributed by atoms with Gasteiger partial charge in [0.15, 0.2) is 18.5 Å². The van der Waals surface area contributed by atoms with Gasteiger partial charge in [0.1, 0.15) is 11.8 Å². The van der Waals surface area contributed by atoms with Crippen LogP contribution in [0.5, 0.6) is 5.75 Å². The van der Waals surface area contributed by atoms with Crippen LogP contribution in [0, 0.1) is 11.3 Å². The molecule has 2 rings (SSSR count). The van der Waals surface area contributed by atoms with Crippen LogP contribution in [0.3, 0.4) is 0 Å². The first kappa shape index (κ1) is 20.9. The molecule has 1 amide bonds. The lowest BCUT2D eigenvalue weighted by molar-refractivity contribution is -0.155. The Morgan fingerprint density at radius 3 is 2.43 bits per heavy atom. The Balaban J connectivity index is 1.84. The maximum Gasteiger partial charge on any atom is 0.344 e. The number of benzene rings is 2. The third-order valence-corrected chi connectivity index (χ3v) is 3.96. The predicted octanol–water partition coefficient (Wildman–Crippen LogP) is 3.36. The van der Waals surface area contributed by atoms with E-state index < -0.39 is 18.0 Å². The number of ketones is 1. The molecule has 0 aliphatic rings. The van der Waals surface area contributed by atoms with E-state index in [1.54, 1.807) is 24.3 Å². The van der Waals surface area contributed by atoms with E-state index >= 15 is 0 Å². The van der Waals surface area contributed by atoms with Gasteiger partial charge in [0, 0.05) is 11.3 Å². The lowest BCUT2D eigenvalue weighted by atomic mass is 10.1. The van der Waals surface area contributed by atoms with Crippen LogP contribution in [0.15, 0.2) is 42.5 Å². The quantitative estimate of drug-likeness (QED) is 0.564. The number of nitrogens with one attached hydrogen (secondary N) is 1. The molecule has 2 aromatic rings. The molecule has 0 radical (unpaired) electrons. The molecular formula is C20H17ClN2O5. The van der Waals surface area contributed by atoms with Crippen molar-refractivity contribution < 1.29 is 23.9 Å². The van der Waals surface area contributed by atoms with Crippen molar-refractivity contribution in [3.8, 4) is 11.8 Å². The van der Waals surface area contributed by atoms with Gasteiger partial charge < -0.3 is 14.8 Å². The number of carbonyl (C=O) groups excluding carboxylic acids is 3. The van der Waals surface area contributed by atoms with E-state index in [2.05, 4.69) is 5.32 Å². The Bertz CT molecular complexity index is 935. The molecule has 0 heterocycles. The smallest absolute Gasteiger partial charge is 0.344 e. The second-order valence-corrected chi connectivity index (χ2v) is 6.20. The van der Waals surface area contributed by atoms with Crippen LogP contribution in [-0.4, -0.2) is 30.4 Å². The first-order chi connectivity index (χ1) is 13.3. The summed E-state index contributed by atoms with van der Waals surface area (Å²) >= 11 is 5.91. The van der Waals surface area contributed by atoms with E-state index in [-0.39, 0.29) is 23.0 Å². The minimum Gasteiger partial charge on any atom is -0.482 e. The summed E-state index contributed by atoms with van der Waals surface area (Å²) in [4.78, 5) is 35.2. The minimum atomic E-state index is -1.06. The van der Waals surface area contributed by atoms with E-state index in [4.69, 9.17) is 26.3 Å². The number of ether oxygens (including phenoxy) is 2. The Hall–Kier alpha value is -3.37. The first-order valence-electron chi connectivity index (χ1n) is 8.24. The average Bonchev–Trinajstić information content (AvgIpc) is 2.66. The van der Waals surface area contributed by atoms with E-state index in [1.165, 1.54) is 32.0 Å². The number of nitriles is 1. The van der Waals surface area contributed by atoms with Crippen LogP contribution < -0.4 is 10.1 Å². The normalized spacial score (nSPS) is 11.1. The SMILES string of the molecule is CC(=O)c1ccc(OCC(=O)O[C@@H](C)C(=O)Nc2ccc(C#N)c(Cl)c2)cc1. The van der Waals surface area contributed by atoms with Crippen molar-refractivity contribution in [1.82, 2.24) is 0 Å². The van der Waals surface area contributed by atoms with Crippen molar-refractivity contribution in [3.05, 3.63) is 58.6 Å². The molecule has 0 saturated carbocycles. The molecule has 0 bridgehead atoms. The number of hydrogen-bond acceptors (Lipinski definition) is 6. The standard InChI is InChI=1S/C20H17ClN2O5/c1-12(24)14-4-7-17(8-5-14)27-11-19(25)28-13(2)20(26)23-16-6-3-15(10-22)18(21)9-16/h3-9,13H,11H2,1-2H3,(H,23,26)/t13-/m0/s1. The van der Waals surface area contributed by atoms with Gasteiger partial charge in [-0.05, 0) is 56.3 Å². The summed E-state index contributed by atoms with van der Waals surface area (Å²) < 4.78 is 10.3. The molecule has 0 fully saturated rings. The van der Waals surface area contributed by atoms with Crippen molar-refractivity contribution in [3.63, 3.8) is 0 Å². The molecule has 0 spiro atoms. The van der Waals surface area contributed by atoms with Gasteiger partial charge in [0.05, 0.1) is 10.6 Å². The monoisotopic (exact) mass is 400 g/mol. The number of carbonyl (C=O) groups is 3. The fourth-order valence-electron chi connectivity index (χ4n) is 2.14. The van der Waals surface area contributed by atoms with E-state index in [0.717, 1.165) is 0 Å². The summed E-state index contributed by atoms with van der Waals surface area (Å²) in [5.41, 5.74) is 1.19. The Morgan fingerprint density at radius 1 is 1.18 bits per heavy atom. The zero-order valence-electron chi connectivity index (χ0n) is 15.2. The van der Waals surface area contributed by atoms with E-state index in [1.807, 2.05) is 6.07 Å². The van der Waals surface area contributed by atoms with Gasteiger partial charge in [0.2, 0.25) is 0 Å².